The Morgan fingerprint density at radius 1 is 1.27 bits per heavy atom. The number of ether oxygens (including phenoxy) is 2. The number of hydrogen-bond acceptors (Lipinski definition) is 6. The van der Waals surface area contributed by atoms with Crippen LogP contribution in [0.1, 0.15) is 28.8 Å². The number of benzene rings is 1. The van der Waals surface area contributed by atoms with E-state index in [0.29, 0.717) is 29.8 Å². The van der Waals surface area contributed by atoms with Crippen LogP contribution in [0, 0.1) is 6.92 Å². The van der Waals surface area contributed by atoms with Gasteiger partial charge in [0.25, 0.3) is 5.91 Å². The Morgan fingerprint density at radius 2 is 2.12 bits per heavy atom. The van der Waals surface area contributed by atoms with Crippen molar-refractivity contribution in [2.24, 2.45) is 0 Å². The summed E-state index contributed by atoms with van der Waals surface area (Å²) in [7, 11) is 0. The second-order valence-electron chi connectivity index (χ2n) is 6.21. The van der Waals surface area contributed by atoms with Crippen molar-refractivity contribution in [1.82, 2.24) is 9.97 Å². The molecule has 1 amide bonds. The van der Waals surface area contributed by atoms with E-state index in [1.807, 2.05) is 25.1 Å². The van der Waals surface area contributed by atoms with E-state index in [1.165, 1.54) is 17.5 Å². The molecule has 1 aromatic carbocycles. The molecule has 3 heterocycles. The summed E-state index contributed by atoms with van der Waals surface area (Å²) in [6.45, 7) is 3.44. The van der Waals surface area contributed by atoms with Gasteiger partial charge in [-0.3, -0.25) is 10.1 Å². The predicted octanol–water partition coefficient (Wildman–Crippen LogP) is 3.81. The number of para-hydroxylation sites is 1. The van der Waals surface area contributed by atoms with Gasteiger partial charge in [-0.1, -0.05) is 23.5 Å². The van der Waals surface area contributed by atoms with Crippen LogP contribution in [0.15, 0.2) is 36.5 Å². The molecule has 0 unspecified atom stereocenters. The smallest absolute Gasteiger partial charge is 0.259 e. The molecule has 4 rings (SSSR count). The molecule has 1 aliphatic rings. The number of carbonyl (C=O) groups is 1. The highest BCUT2D eigenvalue weighted by Crippen LogP contribution is 2.28. The molecule has 1 N–H and O–H groups in total. The number of pyridine rings is 1. The summed E-state index contributed by atoms with van der Waals surface area (Å²) >= 11 is 1.46. The van der Waals surface area contributed by atoms with Gasteiger partial charge in [0.2, 0.25) is 5.88 Å². The van der Waals surface area contributed by atoms with E-state index in [9.17, 15) is 4.79 Å². The Morgan fingerprint density at radius 3 is 2.85 bits per heavy atom. The van der Waals surface area contributed by atoms with Crippen LogP contribution >= 0.6 is 11.3 Å². The highest BCUT2D eigenvalue weighted by atomic mass is 32.1. The van der Waals surface area contributed by atoms with Crippen molar-refractivity contribution >= 4 is 32.6 Å². The SMILES string of the molecule is Cc1cccc2sc(NC(=O)c3ccc(OC4CCOCC4)nc3)nc12. The van der Waals surface area contributed by atoms with Gasteiger partial charge in [-0.25, -0.2) is 9.97 Å². The van der Waals surface area contributed by atoms with Crippen LogP contribution < -0.4 is 10.1 Å². The van der Waals surface area contributed by atoms with Gasteiger partial charge in [-0.05, 0) is 24.6 Å². The zero-order chi connectivity index (χ0) is 17.9. The number of rotatable bonds is 4. The van der Waals surface area contributed by atoms with E-state index in [-0.39, 0.29) is 12.0 Å². The first-order valence-electron chi connectivity index (χ1n) is 8.57. The maximum Gasteiger partial charge on any atom is 0.259 e. The number of hydrogen-bond donors (Lipinski definition) is 1. The number of amides is 1. The molecule has 0 bridgehead atoms. The molecule has 2 aromatic heterocycles. The first-order chi connectivity index (χ1) is 12.7. The summed E-state index contributed by atoms with van der Waals surface area (Å²) in [5.74, 6) is 0.302. The van der Waals surface area contributed by atoms with Crippen LogP contribution in [0.5, 0.6) is 5.88 Å². The zero-order valence-electron chi connectivity index (χ0n) is 14.4. The van der Waals surface area contributed by atoms with Crippen LogP contribution in [-0.2, 0) is 4.74 Å². The molecule has 26 heavy (non-hydrogen) atoms. The number of nitrogens with zero attached hydrogens (tertiary/aromatic N) is 2. The fraction of sp³-hybridized carbons (Fsp3) is 0.316. The summed E-state index contributed by atoms with van der Waals surface area (Å²) in [4.78, 5) is 21.2. The lowest BCUT2D eigenvalue weighted by molar-refractivity contribution is 0.0237. The summed E-state index contributed by atoms with van der Waals surface area (Å²) in [6, 6.07) is 9.44. The number of nitrogens with one attached hydrogen (secondary N) is 1. The molecule has 1 saturated heterocycles. The number of thiazole rings is 1. The first-order valence-corrected chi connectivity index (χ1v) is 9.38. The average molecular weight is 369 g/mol. The maximum absolute atomic E-state index is 12.4. The minimum atomic E-state index is -0.230. The van der Waals surface area contributed by atoms with E-state index >= 15 is 0 Å². The Kier molecular flexibility index (Phi) is 4.81. The lowest BCUT2D eigenvalue weighted by atomic mass is 10.1. The Labute approximate surface area is 155 Å². The molecule has 3 aromatic rings. The molecule has 1 fully saturated rings. The fourth-order valence-electron chi connectivity index (χ4n) is 2.86. The largest absolute Gasteiger partial charge is 0.474 e. The lowest BCUT2D eigenvalue weighted by Crippen LogP contribution is -2.26. The van der Waals surface area contributed by atoms with Crippen LogP contribution in [0.25, 0.3) is 10.2 Å². The lowest BCUT2D eigenvalue weighted by Gasteiger charge is -2.22. The third kappa shape index (κ3) is 3.68. The van der Waals surface area contributed by atoms with Crippen molar-refractivity contribution in [1.29, 1.82) is 0 Å². The van der Waals surface area contributed by atoms with Crippen molar-refractivity contribution in [2.75, 3.05) is 18.5 Å². The predicted molar refractivity (Wildman–Crippen MR) is 101 cm³/mol. The molecular weight excluding hydrogens is 350 g/mol. The molecule has 0 radical (unpaired) electrons. The van der Waals surface area contributed by atoms with Crippen molar-refractivity contribution in [3.05, 3.63) is 47.7 Å². The van der Waals surface area contributed by atoms with Crippen LogP contribution in [0.4, 0.5) is 5.13 Å². The third-order valence-corrected chi connectivity index (χ3v) is 5.23. The second-order valence-corrected chi connectivity index (χ2v) is 7.24. The topological polar surface area (TPSA) is 73.3 Å². The van der Waals surface area contributed by atoms with E-state index in [0.717, 1.165) is 28.6 Å². The van der Waals surface area contributed by atoms with E-state index in [4.69, 9.17) is 9.47 Å². The molecule has 0 aliphatic carbocycles. The highest BCUT2D eigenvalue weighted by molar-refractivity contribution is 7.22. The van der Waals surface area contributed by atoms with Crippen LogP contribution in [0.3, 0.4) is 0 Å². The molecule has 134 valence electrons. The van der Waals surface area contributed by atoms with Gasteiger partial charge >= 0.3 is 0 Å². The monoisotopic (exact) mass is 369 g/mol. The number of aromatic nitrogens is 2. The number of fused-ring (bicyclic) bond motifs is 1. The maximum atomic E-state index is 12.4. The Hall–Kier alpha value is -2.51. The first kappa shape index (κ1) is 16.9. The normalized spacial score (nSPS) is 15.1. The summed E-state index contributed by atoms with van der Waals surface area (Å²) in [5, 5.41) is 3.43. The van der Waals surface area contributed by atoms with Gasteiger partial charge in [0.15, 0.2) is 5.13 Å². The fourth-order valence-corrected chi connectivity index (χ4v) is 3.80. The molecule has 0 atom stereocenters. The van der Waals surface area contributed by atoms with Crippen molar-refractivity contribution < 1.29 is 14.3 Å². The minimum absolute atomic E-state index is 0.127. The Bertz CT molecular complexity index is 917. The van der Waals surface area contributed by atoms with Crippen molar-refractivity contribution in [3.63, 3.8) is 0 Å². The number of carbonyl (C=O) groups excluding carboxylic acids is 1. The van der Waals surface area contributed by atoms with Crippen LogP contribution in [-0.4, -0.2) is 35.2 Å². The molecule has 1 aliphatic heterocycles. The van der Waals surface area contributed by atoms with Gasteiger partial charge < -0.3 is 9.47 Å². The minimum Gasteiger partial charge on any atom is -0.474 e. The molecule has 0 spiro atoms. The zero-order valence-corrected chi connectivity index (χ0v) is 15.2. The van der Waals surface area contributed by atoms with Crippen molar-refractivity contribution in [2.45, 2.75) is 25.9 Å². The van der Waals surface area contributed by atoms with E-state index in [2.05, 4.69) is 15.3 Å². The Balaban J connectivity index is 1.43. The van der Waals surface area contributed by atoms with Gasteiger partial charge in [-0.2, -0.15) is 0 Å². The van der Waals surface area contributed by atoms with Gasteiger partial charge in [-0.15, -0.1) is 0 Å². The number of aryl methyl sites for hydroxylation is 1. The molecule has 7 heteroatoms. The molecule has 0 saturated carbocycles. The summed E-state index contributed by atoms with van der Waals surface area (Å²) in [5.41, 5.74) is 2.49. The standard InChI is InChI=1S/C19H19N3O3S/c1-12-3-2-4-15-17(12)21-19(26-15)22-18(23)13-5-6-16(20-11-13)25-14-7-9-24-10-8-14/h2-6,11,14H,7-10H2,1H3,(H,21,22,23). The van der Waals surface area contributed by atoms with Gasteiger partial charge in [0, 0.05) is 25.1 Å². The van der Waals surface area contributed by atoms with Gasteiger partial charge in [0.1, 0.15) is 6.10 Å². The molecule has 6 nitrogen and oxygen atoms in total. The third-order valence-electron chi connectivity index (χ3n) is 4.30. The number of anilines is 1. The quantitative estimate of drug-likeness (QED) is 0.757. The van der Waals surface area contributed by atoms with Crippen LogP contribution in [0.2, 0.25) is 0 Å². The van der Waals surface area contributed by atoms with E-state index in [1.54, 1.807) is 12.1 Å². The van der Waals surface area contributed by atoms with E-state index < -0.39 is 0 Å². The van der Waals surface area contributed by atoms with Crippen molar-refractivity contribution in [3.8, 4) is 5.88 Å². The highest BCUT2D eigenvalue weighted by Gasteiger charge is 2.16. The second kappa shape index (κ2) is 7.39. The molecular formula is C19H19N3O3S. The average Bonchev–Trinajstić information content (AvgIpc) is 3.07. The van der Waals surface area contributed by atoms with Gasteiger partial charge in [0.05, 0.1) is 29.0 Å². The summed E-state index contributed by atoms with van der Waals surface area (Å²) < 4.78 is 12.2. The summed E-state index contributed by atoms with van der Waals surface area (Å²) in [6.07, 6.45) is 3.38.